The molecule has 0 spiro atoms. The van der Waals surface area contributed by atoms with E-state index in [2.05, 4.69) is 48.6 Å². The second-order valence-corrected chi connectivity index (χ2v) is 6.57. The Morgan fingerprint density at radius 1 is 1.44 bits per heavy atom. The third-order valence-electron chi connectivity index (χ3n) is 4.30. The van der Waals surface area contributed by atoms with Gasteiger partial charge in [-0.05, 0) is 58.1 Å². The Labute approximate surface area is 115 Å². The fourth-order valence-electron chi connectivity index (χ4n) is 2.81. The Morgan fingerprint density at radius 3 is 2.89 bits per heavy atom. The van der Waals surface area contributed by atoms with E-state index in [4.69, 9.17) is 0 Å². The molecule has 18 heavy (non-hydrogen) atoms. The minimum atomic E-state index is 0.531. The van der Waals surface area contributed by atoms with Gasteiger partial charge in [0.05, 0.1) is 0 Å². The van der Waals surface area contributed by atoms with Gasteiger partial charge in [0, 0.05) is 23.0 Å². The van der Waals surface area contributed by atoms with Gasteiger partial charge in [-0.3, -0.25) is 4.90 Å². The van der Waals surface area contributed by atoms with Crippen LogP contribution in [0.4, 0.5) is 0 Å². The monoisotopic (exact) mass is 266 g/mol. The predicted molar refractivity (Wildman–Crippen MR) is 80.2 cm³/mol. The molecule has 3 atom stereocenters. The van der Waals surface area contributed by atoms with Crippen LogP contribution in [0.1, 0.15) is 50.4 Å². The minimum absolute atomic E-state index is 0.531. The van der Waals surface area contributed by atoms with Crippen LogP contribution in [0.25, 0.3) is 0 Å². The number of nitrogens with zero attached hydrogens (tertiary/aromatic N) is 1. The van der Waals surface area contributed by atoms with Gasteiger partial charge in [0.2, 0.25) is 0 Å². The molecule has 1 aromatic rings. The molecule has 1 saturated heterocycles. The first-order chi connectivity index (χ1) is 8.68. The summed E-state index contributed by atoms with van der Waals surface area (Å²) in [6.45, 7) is 5.89. The van der Waals surface area contributed by atoms with Crippen molar-refractivity contribution < 1.29 is 0 Å². The molecule has 1 fully saturated rings. The normalized spacial score (nSPS) is 24.1. The standard InChI is InChI=1S/C15H26N2S/c1-12(11-14-7-4-5-9-16-14)17(3)13(2)15-8-6-10-18-15/h6,8,10,12-14,16H,4-5,7,9,11H2,1-3H3. The molecular weight excluding hydrogens is 240 g/mol. The SMILES string of the molecule is CC(CC1CCCCN1)N(C)C(C)c1cccs1. The first kappa shape index (κ1) is 14.0. The van der Waals surface area contributed by atoms with E-state index in [0.29, 0.717) is 12.1 Å². The zero-order valence-electron chi connectivity index (χ0n) is 11.9. The number of thiophene rings is 1. The molecule has 1 aromatic heterocycles. The maximum Gasteiger partial charge on any atom is 0.0413 e. The highest BCUT2D eigenvalue weighted by Gasteiger charge is 2.22. The Bertz CT molecular complexity index is 330. The van der Waals surface area contributed by atoms with E-state index in [9.17, 15) is 0 Å². The van der Waals surface area contributed by atoms with Crippen LogP contribution in [-0.4, -0.2) is 30.6 Å². The molecular formula is C15H26N2S. The second kappa shape index (κ2) is 6.69. The summed E-state index contributed by atoms with van der Waals surface area (Å²) in [7, 11) is 2.26. The molecule has 1 aliphatic rings. The zero-order valence-corrected chi connectivity index (χ0v) is 12.7. The fourth-order valence-corrected chi connectivity index (χ4v) is 3.65. The highest BCUT2D eigenvalue weighted by molar-refractivity contribution is 7.10. The molecule has 3 heteroatoms. The molecule has 0 saturated carbocycles. The van der Waals surface area contributed by atoms with Gasteiger partial charge < -0.3 is 5.32 Å². The van der Waals surface area contributed by atoms with Crippen molar-refractivity contribution in [3.63, 3.8) is 0 Å². The maximum absolute atomic E-state index is 3.65. The molecule has 1 N–H and O–H groups in total. The molecule has 0 aromatic carbocycles. The quantitative estimate of drug-likeness (QED) is 0.875. The predicted octanol–water partition coefficient (Wildman–Crippen LogP) is 3.66. The Morgan fingerprint density at radius 2 is 2.28 bits per heavy atom. The van der Waals surface area contributed by atoms with Gasteiger partial charge >= 0.3 is 0 Å². The lowest BCUT2D eigenvalue weighted by Crippen LogP contribution is -2.41. The van der Waals surface area contributed by atoms with Crippen LogP contribution in [0.5, 0.6) is 0 Å². The van der Waals surface area contributed by atoms with Gasteiger partial charge in [-0.1, -0.05) is 12.5 Å². The van der Waals surface area contributed by atoms with Crippen molar-refractivity contribution in [2.45, 2.75) is 57.7 Å². The molecule has 2 nitrogen and oxygen atoms in total. The lowest BCUT2D eigenvalue weighted by atomic mass is 9.97. The first-order valence-electron chi connectivity index (χ1n) is 7.17. The van der Waals surface area contributed by atoms with Crippen LogP contribution in [0.3, 0.4) is 0 Å². The number of piperidine rings is 1. The van der Waals surface area contributed by atoms with E-state index < -0.39 is 0 Å². The van der Waals surface area contributed by atoms with Gasteiger partial charge in [-0.2, -0.15) is 0 Å². The van der Waals surface area contributed by atoms with Crippen LogP contribution in [0.15, 0.2) is 17.5 Å². The Kier molecular flexibility index (Phi) is 5.22. The van der Waals surface area contributed by atoms with Crippen molar-refractivity contribution in [1.29, 1.82) is 0 Å². The smallest absolute Gasteiger partial charge is 0.0413 e. The van der Waals surface area contributed by atoms with Crippen molar-refractivity contribution >= 4 is 11.3 Å². The minimum Gasteiger partial charge on any atom is -0.314 e. The van der Waals surface area contributed by atoms with Crippen LogP contribution < -0.4 is 5.32 Å². The third-order valence-corrected chi connectivity index (χ3v) is 5.34. The molecule has 0 radical (unpaired) electrons. The summed E-state index contributed by atoms with van der Waals surface area (Å²) >= 11 is 1.87. The van der Waals surface area contributed by atoms with E-state index in [1.807, 2.05) is 11.3 Å². The average Bonchev–Trinajstić information content (AvgIpc) is 2.92. The summed E-state index contributed by atoms with van der Waals surface area (Å²) in [6, 6.07) is 6.29. The summed E-state index contributed by atoms with van der Waals surface area (Å²) < 4.78 is 0. The molecule has 2 rings (SSSR count). The van der Waals surface area contributed by atoms with Crippen molar-refractivity contribution in [2.75, 3.05) is 13.6 Å². The first-order valence-corrected chi connectivity index (χ1v) is 8.05. The van der Waals surface area contributed by atoms with Gasteiger partial charge in [-0.25, -0.2) is 0 Å². The van der Waals surface area contributed by atoms with Crippen molar-refractivity contribution in [3.05, 3.63) is 22.4 Å². The van der Waals surface area contributed by atoms with Gasteiger partial charge in [0.15, 0.2) is 0 Å². The van der Waals surface area contributed by atoms with E-state index in [-0.39, 0.29) is 0 Å². The molecule has 0 bridgehead atoms. The number of nitrogens with one attached hydrogen (secondary N) is 1. The zero-order chi connectivity index (χ0) is 13.0. The van der Waals surface area contributed by atoms with Crippen LogP contribution in [0.2, 0.25) is 0 Å². The summed E-state index contributed by atoms with van der Waals surface area (Å²) in [4.78, 5) is 3.99. The Hall–Kier alpha value is -0.380. The third kappa shape index (κ3) is 3.56. The summed E-state index contributed by atoms with van der Waals surface area (Å²) in [6.07, 6.45) is 5.37. The number of rotatable bonds is 5. The van der Waals surface area contributed by atoms with E-state index >= 15 is 0 Å². The highest BCUT2D eigenvalue weighted by atomic mass is 32.1. The van der Waals surface area contributed by atoms with Crippen molar-refractivity contribution in [2.24, 2.45) is 0 Å². The Balaban J connectivity index is 1.85. The largest absolute Gasteiger partial charge is 0.314 e. The van der Waals surface area contributed by atoms with Crippen molar-refractivity contribution in [3.8, 4) is 0 Å². The van der Waals surface area contributed by atoms with Crippen LogP contribution in [-0.2, 0) is 0 Å². The maximum atomic E-state index is 3.65. The van der Waals surface area contributed by atoms with E-state index in [1.165, 1.54) is 37.1 Å². The molecule has 102 valence electrons. The number of hydrogen-bond acceptors (Lipinski definition) is 3. The molecule has 1 aliphatic heterocycles. The molecule has 2 heterocycles. The topological polar surface area (TPSA) is 15.3 Å². The summed E-state index contributed by atoms with van der Waals surface area (Å²) in [5, 5.41) is 5.83. The second-order valence-electron chi connectivity index (χ2n) is 5.59. The van der Waals surface area contributed by atoms with Crippen LogP contribution in [0, 0.1) is 0 Å². The van der Waals surface area contributed by atoms with Gasteiger partial charge in [0.25, 0.3) is 0 Å². The molecule has 3 unspecified atom stereocenters. The number of hydrogen-bond donors (Lipinski definition) is 1. The summed E-state index contributed by atoms with van der Waals surface area (Å²) in [5.74, 6) is 0. The fraction of sp³-hybridized carbons (Fsp3) is 0.733. The van der Waals surface area contributed by atoms with E-state index in [0.717, 1.165) is 6.04 Å². The van der Waals surface area contributed by atoms with Crippen molar-refractivity contribution in [1.82, 2.24) is 10.2 Å². The molecule has 0 aliphatic carbocycles. The highest BCUT2D eigenvalue weighted by Crippen LogP contribution is 2.26. The van der Waals surface area contributed by atoms with Gasteiger partial charge in [0.1, 0.15) is 0 Å². The lowest BCUT2D eigenvalue weighted by molar-refractivity contribution is 0.172. The van der Waals surface area contributed by atoms with E-state index in [1.54, 1.807) is 0 Å². The van der Waals surface area contributed by atoms with Gasteiger partial charge in [-0.15, -0.1) is 11.3 Å². The average molecular weight is 266 g/mol. The lowest BCUT2D eigenvalue weighted by Gasteiger charge is -2.34. The molecule has 0 amide bonds. The summed E-state index contributed by atoms with van der Waals surface area (Å²) in [5.41, 5.74) is 0. The van der Waals surface area contributed by atoms with Crippen LogP contribution >= 0.6 is 11.3 Å².